The van der Waals surface area contributed by atoms with Gasteiger partial charge in [0.15, 0.2) is 0 Å². The Morgan fingerprint density at radius 3 is 2.76 bits per heavy atom. The number of rotatable bonds is 3. The van der Waals surface area contributed by atoms with Gasteiger partial charge in [0.25, 0.3) is 0 Å². The molecule has 3 heterocycles. The summed E-state index contributed by atoms with van der Waals surface area (Å²) in [4.78, 5) is 13.3. The SMILES string of the molecule is O=C(O)c1cccc(CN2CC3CC(C2)N3)c1. The van der Waals surface area contributed by atoms with Crippen molar-refractivity contribution in [1.82, 2.24) is 10.2 Å². The minimum atomic E-state index is -0.852. The first-order chi connectivity index (χ1) is 8.20. The molecule has 0 amide bonds. The van der Waals surface area contributed by atoms with Gasteiger partial charge in [-0.3, -0.25) is 4.90 Å². The van der Waals surface area contributed by atoms with Crippen LogP contribution in [0.25, 0.3) is 0 Å². The molecule has 0 radical (unpaired) electrons. The van der Waals surface area contributed by atoms with Crippen molar-refractivity contribution in [3.63, 3.8) is 0 Å². The van der Waals surface area contributed by atoms with Crippen LogP contribution in [0.1, 0.15) is 22.3 Å². The number of aromatic carboxylic acids is 1. The first-order valence-corrected chi connectivity index (χ1v) is 6.01. The molecular weight excluding hydrogens is 216 g/mol. The van der Waals surface area contributed by atoms with E-state index in [-0.39, 0.29) is 0 Å². The van der Waals surface area contributed by atoms with Gasteiger partial charge in [0.2, 0.25) is 0 Å². The van der Waals surface area contributed by atoms with Gasteiger partial charge in [-0.05, 0) is 24.1 Å². The number of hydrogen-bond acceptors (Lipinski definition) is 3. The monoisotopic (exact) mass is 232 g/mol. The molecule has 4 heteroatoms. The zero-order valence-electron chi connectivity index (χ0n) is 9.60. The van der Waals surface area contributed by atoms with E-state index >= 15 is 0 Å². The molecule has 0 saturated carbocycles. The lowest BCUT2D eigenvalue weighted by molar-refractivity contribution is 0.0691. The van der Waals surface area contributed by atoms with Crippen LogP contribution in [0, 0.1) is 0 Å². The van der Waals surface area contributed by atoms with Crippen molar-refractivity contribution in [3.05, 3.63) is 35.4 Å². The number of hydrogen-bond donors (Lipinski definition) is 2. The third-order valence-corrected chi connectivity index (χ3v) is 3.58. The van der Waals surface area contributed by atoms with E-state index in [9.17, 15) is 4.79 Å². The molecular formula is C13H16N2O2. The fourth-order valence-electron chi connectivity index (χ4n) is 2.79. The molecule has 4 nitrogen and oxygen atoms in total. The minimum Gasteiger partial charge on any atom is -0.478 e. The van der Waals surface area contributed by atoms with E-state index in [1.54, 1.807) is 12.1 Å². The summed E-state index contributed by atoms with van der Waals surface area (Å²) in [5.74, 6) is -0.852. The molecule has 90 valence electrons. The molecule has 3 fully saturated rings. The van der Waals surface area contributed by atoms with Crippen LogP contribution in [0.5, 0.6) is 0 Å². The highest BCUT2D eigenvalue weighted by Gasteiger charge is 2.36. The Morgan fingerprint density at radius 1 is 1.41 bits per heavy atom. The second kappa shape index (κ2) is 4.13. The van der Waals surface area contributed by atoms with Crippen molar-refractivity contribution in [1.29, 1.82) is 0 Å². The molecule has 0 aliphatic carbocycles. The second-order valence-corrected chi connectivity index (χ2v) is 5.00. The Bertz CT molecular complexity index is 431. The van der Waals surface area contributed by atoms with E-state index in [1.165, 1.54) is 6.42 Å². The van der Waals surface area contributed by atoms with Crippen molar-refractivity contribution < 1.29 is 9.90 Å². The first-order valence-electron chi connectivity index (χ1n) is 6.01. The van der Waals surface area contributed by atoms with Gasteiger partial charge in [-0.1, -0.05) is 12.1 Å². The standard InChI is InChI=1S/C13H16N2O2/c16-13(17)10-3-1-2-9(4-10)6-15-7-11-5-12(8-15)14-11/h1-4,11-12,14H,5-8H2,(H,16,17). The van der Waals surface area contributed by atoms with E-state index in [4.69, 9.17) is 5.11 Å². The predicted molar refractivity (Wildman–Crippen MR) is 64.0 cm³/mol. The van der Waals surface area contributed by atoms with E-state index in [0.717, 1.165) is 25.2 Å². The largest absolute Gasteiger partial charge is 0.478 e. The van der Waals surface area contributed by atoms with Crippen molar-refractivity contribution in [2.24, 2.45) is 0 Å². The summed E-state index contributed by atoms with van der Waals surface area (Å²) in [5, 5.41) is 12.4. The average Bonchev–Trinajstić information content (AvgIpc) is 2.28. The zero-order valence-corrected chi connectivity index (χ0v) is 9.60. The topological polar surface area (TPSA) is 52.6 Å². The number of piperidine rings is 1. The lowest BCUT2D eigenvalue weighted by Crippen LogP contribution is -2.66. The molecule has 1 aromatic carbocycles. The Balaban J connectivity index is 1.68. The Morgan fingerprint density at radius 2 is 2.12 bits per heavy atom. The quantitative estimate of drug-likeness (QED) is 0.814. The van der Waals surface area contributed by atoms with Crippen LogP contribution in [0.2, 0.25) is 0 Å². The van der Waals surface area contributed by atoms with Gasteiger partial charge < -0.3 is 10.4 Å². The maximum absolute atomic E-state index is 10.9. The number of benzene rings is 1. The highest BCUT2D eigenvalue weighted by atomic mass is 16.4. The summed E-state index contributed by atoms with van der Waals surface area (Å²) in [5.41, 5.74) is 1.47. The van der Waals surface area contributed by atoms with Crippen LogP contribution in [-0.2, 0) is 6.54 Å². The number of piperazine rings is 1. The minimum absolute atomic E-state index is 0.378. The normalized spacial score (nSPS) is 27.5. The maximum atomic E-state index is 10.9. The van der Waals surface area contributed by atoms with E-state index in [1.807, 2.05) is 12.1 Å². The third kappa shape index (κ3) is 2.18. The van der Waals surface area contributed by atoms with E-state index < -0.39 is 5.97 Å². The highest BCUT2D eigenvalue weighted by Crippen LogP contribution is 2.22. The molecule has 4 rings (SSSR count). The maximum Gasteiger partial charge on any atom is 0.335 e. The van der Waals surface area contributed by atoms with Crippen LogP contribution < -0.4 is 5.32 Å². The predicted octanol–water partition coefficient (Wildman–Crippen LogP) is 0.931. The number of nitrogens with zero attached hydrogens (tertiary/aromatic N) is 1. The number of carbonyl (C=O) groups is 1. The number of nitrogens with one attached hydrogen (secondary N) is 1. The molecule has 3 aliphatic heterocycles. The van der Waals surface area contributed by atoms with Gasteiger partial charge >= 0.3 is 5.97 Å². The van der Waals surface area contributed by atoms with Crippen LogP contribution in [0.3, 0.4) is 0 Å². The molecule has 0 spiro atoms. The van der Waals surface area contributed by atoms with Crippen LogP contribution in [0.4, 0.5) is 0 Å². The van der Waals surface area contributed by atoms with Crippen LogP contribution in [-0.4, -0.2) is 41.1 Å². The van der Waals surface area contributed by atoms with Gasteiger partial charge in [0.05, 0.1) is 5.56 Å². The smallest absolute Gasteiger partial charge is 0.335 e. The molecule has 0 aromatic heterocycles. The molecule has 2 unspecified atom stereocenters. The lowest BCUT2D eigenvalue weighted by Gasteiger charge is -2.48. The van der Waals surface area contributed by atoms with Crippen LogP contribution in [0.15, 0.2) is 24.3 Å². The summed E-state index contributed by atoms with van der Waals surface area (Å²) in [6.07, 6.45) is 1.30. The number of carboxylic acids is 1. The fourth-order valence-corrected chi connectivity index (χ4v) is 2.79. The van der Waals surface area contributed by atoms with Gasteiger partial charge in [-0.15, -0.1) is 0 Å². The Kier molecular flexibility index (Phi) is 2.61. The zero-order chi connectivity index (χ0) is 11.8. The van der Waals surface area contributed by atoms with Crippen molar-refractivity contribution >= 4 is 5.97 Å². The summed E-state index contributed by atoms with van der Waals surface area (Å²) >= 11 is 0. The van der Waals surface area contributed by atoms with Crippen molar-refractivity contribution in [2.45, 2.75) is 25.0 Å². The van der Waals surface area contributed by atoms with Gasteiger partial charge in [-0.25, -0.2) is 4.79 Å². The molecule has 3 aliphatic rings. The van der Waals surface area contributed by atoms with E-state index in [0.29, 0.717) is 17.6 Å². The van der Waals surface area contributed by atoms with Gasteiger partial charge in [-0.2, -0.15) is 0 Å². The van der Waals surface area contributed by atoms with Gasteiger partial charge in [0, 0.05) is 31.7 Å². The summed E-state index contributed by atoms with van der Waals surface area (Å²) < 4.78 is 0. The van der Waals surface area contributed by atoms with Crippen molar-refractivity contribution in [3.8, 4) is 0 Å². The highest BCUT2D eigenvalue weighted by molar-refractivity contribution is 5.87. The molecule has 2 atom stereocenters. The molecule has 2 N–H and O–H groups in total. The molecule has 17 heavy (non-hydrogen) atoms. The van der Waals surface area contributed by atoms with E-state index in [2.05, 4.69) is 10.2 Å². The molecule has 2 bridgehead atoms. The van der Waals surface area contributed by atoms with Gasteiger partial charge in [0.1, 0.15) is 0 Å². The summed E-state index contributed by atoms with van der Waals surface area (Å²) in [6, 6.07) is 8.53. The lowest BCUT2D eigenvalue weighted by atomic mass is 9.91. The molecule has 1 aromatic rings. The van der Waals surface area contributed by atoms with Crippen LogP contribution >= 0.6 is 0 Å². The number of carboxylic acid groups (broad SMARTS) is 1. The first kappa shape index (κ1) is 10.7. The average molecular weight is 232 g/mol. The second-order valence-electron chi connectivity index (χ2n) is 5.00. The Hall–Kier alpha value is -1.39. The van der Waals surface area contributed by atoms with Crippen molar-refractivity contribution in [2.75, 3.05) is 13.1 Å². The summed E-state index contributed by atoms with van der Waals surface area (Å²) in [6.45, 7) is 3.01. The fraction of sp³-hybridized carbons (Fsp3) is 0.462. The summed E-state index contributed by atoms with van der Waals surface area (Å²) in [7, 11) is 0. The molecule has 3 saturated heterocycles. The number of fused-ring (bicyclic) bond motifs is 2. The Labute approximate surface area is 100 Å². The third-order valence-electron chi connectivity index (χ3n) is 3.58.